The van der Waals surface area contributed by atoms with Gasteiger partial charge in [0.1, 0.15) is 0 Å². The lowest BCUT2D eigenvalue weighted by atomic mass is 9.94. The zero-order chi connectivity index (χ0) is 12.8. The van der Waals surface area contributed by atoms with E-state index in [-0.39, 0.29) is 5.91 Å². The van der Waals surface area contributed by atoms with E-state index in [1.54, 1.807) is 4.90 Å². The molecule has 0 unspecified atom stereocenters. The second kappa shape index (κ2) is 6.73. The molecule has 2 amide bonds. The third-order valence-corrected chi connectivity index (χ3v) is 3.92. The number of ether oxygens (including phenoxy) is 1. The summed E-state index contributed by atoms with van der Waals surface area (Å²) in [6, 6.07) is 0. The number of carbonyl (C=O) groups is 2. The van der Waals surface area contributed by atoms with Gasteiger partial charge in [0.25, 0.3) is 0 Å². The summed E-state index contributed by atoms with van der Waals surface area (Å²) in [5, 5.41) is 0. The van der Waals surface area contributed by atoms with Gasteiger partial charge in [-0.1, -0.05) is 0 Å². The molecule has 0 saturated carbocycles. The molecule has 18 heavy (non-hydrogen) atoms. The van der Waals surface area contributed by atoms with Crippen molar-refractivity contribution in [2.24, 2.45) is 5.92 Å². The quantitative estimate of drug-likeness (QED) is 0.686. The van der Waals surface area contributed by atoms with Crippen molar-refractivity contribution in [3.05, 3.63) is 0 Å². The van der Waals surface area contributed by atoms with Gasteiger partial charge in [0, 0.05) is 45.8 Å². The maximum absolute atomic E-state index is 12.0. The fourth-order valence-corrected chi connectivity index (χ4v) is 2.60. The SMILES string of the molecule is O=CN1CCN(C(=O)CCC2CCOCC2)CC1. The van der Waals surface area contributed by atoms with Crippen LogP contribution in [-0.4, -0.2) is 61.5 Å². The summed E-state index contributed by atoms with van der Waals surface area (Å²) in [4.78, 5) is 26.2. The maximum Gasteiger partial charge on any atom is 0.222 e. The number of hydrogen-bond donors (Lipinski definition) is 0. The summed E-state index contributed by atoms with van der Waals surface area (Å²) in [5.41, 5.74) is 0. The average Bonchev–Trinajstić information content (AvgIpc) is 2.46. The molecule has 0 bridgehead atoms. The smallest absolute Gasteiger partial charge is 0.222 e. The number of amides is 2. The number of piperazine rings is 1. The molecule has 0 radical (unpaired) electrons. The van der Waals surface area contributed by atoms with E-state index in [0.29, 0.717) is 38.5 Å². The summed E-state index contributed by atoms with van der Waals surface area (Å²) >= 11 is 0. The Bertz CT molecular complexity index is 282. The van der Waals surface area contributed by atoms with Crippen molar-refractivity contribution in [2.75, 3.05) is 39.4 Å². The summed E-state index contributed by atoms with van der Waals surface area (Å²) in [5.74, 6) is 0.894. The topological polar surface area (TPSA) is 49.9 Å². The second-order valence-electron chi connectivity index (χ2n) is 5.12. The Morgan fingerprint density at radius 2 is 1.83 bits per heavy atom. The van der Waals surface area contributed by atoms with Crippen LogP contribution in [0.1, 0.15) is 25.7 Å². The van der Waals surface area contributed by atoms with Crippen molar-refractivity contribution in [2.45, 2.75) is 25.7 Å². The predicted molar refractivity (Wildman–Crippen MR) is 67.0 cm³/mol. The van der Waals surface area contributed by atoms with E-state index in [1.165, 1.54) is 0 Å². The minimum atomic E-state index is 0.243. The first-order valence-corrected chi connectivity index (χ1v) is 6.84. The summed E-state index contributed by atoms with van der Waals surface area (Å²) < 4.78 is 5.31. The average molecular weight is 254 g/mol. The Hall–Kier alpha value is -1.10. The number of nitrogens with zero attached hydrogens (tertiary/aromatic N) is 2. The third-order valence-electron chi connectivity index (χ3n) is 3.92. The first kappa shape index (κ1) is 13.3. The Labute approximate surface area is 108 Å². The van der Waals surface area contributed by atoms with Crippen molar-refractivity contribution in [3.63, 3.8) is 0 Å². The van der Waals surface area contributed by atoms with E-state index in [1.807, 2.05) is 4.90 Å². The molecular weight excluding hydrogens is 232 g/mol. The van der Waals surface area contributed by atoms with Gasteiger partial charge >= 0.3 is 0 Å². The molecule has 0 spiro atoms. The van der Waals surface area contributed by atoms with Gasteiger partial charge in [0.05, 0.1) is 0 Å². The first-order chi connectivity index (χ1) is 8.79. The van der Waals surface area contributed by atoms with Crippen LogP contribution in [0.5, 0.6) is 0 Å². The maximum atomic E-state index is 12.0. The van der Waals surface area contributed by atoms with Crippen LogP contribution in [0.2, 0.25) is 0 Å². The van der Waals surface area contributed by atoms with Gasteiger partial charge in [-0.15, -0.1) is 0 Å². The van der Waals surface area contributed by atoms with E-state index in [0.717, 1.165) is 38.9 Å². The Morgan fingerprint density at radius 1 is 1.17 bits per heavy atom. The summed E-state index contributed by atoms with van der Waals surface area (Å²) in [6.45, 7) is 4.41. The van der Waals surface area contributed by atoms with Crippen molar-refractivity contribution in [3.8, 4) is 0 Å². The van der Waals surface area contributed by atoms with Gasteiger partial charge < -0.3 is 14.5 Å². The molecule has 0 aromatic rings. The van der Waals surface area contributed by atoms with Gasteiger partial charge in [-0.2, -0.15) is 0 Å². The normalized spacial score (nSPS) is 22.0. The van der Waals surface area contributed by atoms with Gasteiger partial charge in [-0.25, -0.2) is 0 Å². The molecule has 0 atom stereocenters. The molecule has 5 nitrogen and oxygen atoms in total. The lowest BCUT2D eigenvalue weighted by molar-refractivity contribution is -0.135. The third kappa shape index (κ3) is 3.70. The molecule has 2 aliphatic rings. The van der Waals surface area contributed by atoms with Crippen molar-refractivity contribution < 1.29 is 14.3 Å². The largest absolute Gasteiger partial charge is 0.381 e. The molecule has 2 saturated heterocycles. The van der Waals surface area contributed by atoms with E-state index in [9.17, 15) is 9.59 Å². The Kier molecular flexibility index (Phi) is 4.99. The fourth-order valence-electron chi connectivity index (χ4n) is 2.60. The summed E-state index contributed by atoms with van der Waals surface area (Å²) in [7, 11) is 0. The molecule has 2 fully saturated rings. The van der Waals surface area contributed by atoms with Crippen molar-refractivity contribution in [1.82, 2.24) is 9.80 Å². The lowest BCUT2D eigenvalue weighted by Gasteiger charge is -2.33. The minimum absolute atomic E-state index is 0.243. The highest BCUT2D eigenvalue weighted by atomic mass is 16.5. The molecule has 2 aliphatic heterocycles. The van der Waals surface area contributed by atoms with E-state index in [4.69, 9.17) is 4.74 Å². The molecule has 102 valence electrons. The molecule has 0 aromatic carbocycles. The molecule has 0 aliphatic carbocycles. The standard InChI is InChI=1S/C13H22N2O3/c16-11-14-5-7-15(8-6-14)13(17)2-1-12-3-9-18-10-4-12/h11-12H,1-10H2. The van der Waals surface area contributed by atoms with Crippen LogP contribution in [0.4, 0.5) is 0 Å². The molecule has 2 heterocycles. The van der Waals surface area contributed by atoms with Crippen molar-refractivity contribution in [1.29, 1.82) is 0 Å². The van der Waals surface area contributed by atoms with E-state index < -0.39 is 0 Å². The van der Waals surface area contributed by atoms with Gasteiger partial charge in [-0.05, 0) is 25.2 Å². The molecule has 0 aromatic heterocycles. The highest BCUT2D eigenvalue weighted by Crippen LogP contribution is 2.20. The zero-order valence-corrected chi connectivity index (χ0v) is 10.8. The molecule has 2 rings (SSSR count). The van der Waals surface area contributed by atoms with E-state index in [2.05, 4.69) is 0 Å². The lowest BCUT2D eigenvalue weighted by Crippen LogP contribution is -2.48. The number of hydrogen-bond acceptors (Lipinski definition) is 3. The highest BCUT2D eigenvalue weighted by Gasteiger charge is 2.21. The summed E-state index contributed by atoms with van der Waals surface area (Å²) in [6.07, 6.45) is 4.67. The number of rotatable bonds is 4. The minimum Gasteiger partial charge on any atom is -0.381 e. The van der Waals surface area contributed by atoms with Crippen LogP contribution >= 0.6 is 0 Å². The first-order valence-electron chi connectivity index (χ1n) is 6.84. The van der Waals surface area contributed by atoms with Gasteiger partial charge in [0.15, 0.2) is 0 Å². The van der Waals surface area contributed by atoms with Crippen LogP contribution in [0.3, 0.4) is 0 Å². The predicted octanol–water partition coefficient (Wildman–Crippen LogP) is 0.494. The molecule has 0 N–H and O–H groups in total. The highest BCUT2D eigenvalue weighted by molar-refractivity contribution is 5.76. The van der Waals surface area contributed by atoms with Gasteiger partial charge in [0.2, 0.25) is 12.3 Å². The van der Waals surface area contributed by atoms with Crippen LogP contribution < -0.4 is 0 Å². The molecular formula is C13H22N2O3. The van der Waals surface area contributed by atoms with Crippen LogP contribution in [0, 0.1) is 5.92 Å². The van der Waals surface area contributed by atoms with Crippen LogP contribution in [0.25, 0.3) is 0 Å². The van der Waals surface area contributed by atoms with E-state index >= 15 is 0 Å². The van der Waals surface area contributed by atoms with Gasteiger partial charge in [-0.3, -0.25) is 9.59 Å². The Morgan fingerprint density at radius 3 is 2.44 bits per heavy atom. The second-order valence-corrected chi connectivity index (χ2v) is 5.12. The van der Waals surface area contributed by atoms with Crippen molar-refractivity contribution >= 4 is 12.3 Å². The molecule has 5 heteroatoms. The van der Waals surface area contributed by atoms with Crippen LogP contribution in [0.15, 0.2) is 0 Å². The monoisotopic (exact) mass is 254 g/mol. The number of carbonyl (C=O) groups excluding carboxylic acids is 2. The fraction of sp³-hybridized carbons (Fsp3) is 0.846. The van der Waals surface area contributed by atoms with Crippen LogP contribution in [-0.2, 0) is 14.3 Å². The zero-order valence-electron chi connectivity index (χ0n) is 10.8. The Balaban J connectivity index is 1.66.